The Labute approximate surface area is 115 Å². The van der Waals surface area contributed by atoms with Gasteiger partial charge in [-0.25, -0.2) is 4.79 Å². The molecule has 0 aromatic heterocycles. The van der Waals surface area contributed by atoms with Crippen LogP contribution in [0.3, 0.4) is 0 Å². The summed E-state index contributed by atoms with van der Waals surface area (Å²) in [6.07, 6.45) is -0.555. The first-order valence-electron chi connectivity index (χ1n) is 6.54. The number of fused-ring (bicyclic) bond motifs is 1. The summed E-state index contributed by atoms with van der Waals surface area (Å²) in [7, 11) is 0. The molecule has 1 saturated heterocycles. The molecule has 0 bridgehead atoms. The molecule has 20 heavy (non-hydrogen) atoms. The monoisotopic (exact) mass is 277 g/mol. The third kappa shape index (κ3) is 2.34. The second-order valence-corrected chi connectivity index (χ2v) is 4.95. The molecule has 1 aromatic carbocycles. The second-order valence-electron chi connectivity index (χ2n) is 4.95. The quantitative estimate of drug-likeness (QED) is 0.832. The third-order valence-electron chi connectivity index (χ3n) is 3.60. The van der Waals surface area contributed by atoms with E-state index in [-0.39, 0.29) is 5.91 Å². The van der Waals surface area contributed by atoms with Crippen molar-refractivity contribution < 1.29 is 24.2 Å². The van der Waals surface area contributed by atoms with Gasteiger partial charge in [0.2, 0.25) is 0 Å². The molecule has 6 nitrogen and oxygen atoms in total. The zero-order chi connectivity index (χ0) is 14.1. The Hall–Kier alpha value is -2.08. The Morgan fingerprint density at radius 3 is 2.85 bits per heavy atom. The van der Waals surface area contributed by atoms with E-state index in [1.165, 1.54) is 0 Å². The van der Waals surface area contributed by atoms with Gasteiger partial charge in [0.05, 0.1) is 6.04 Å². The Bertz CT molecular complexity index is 519. The van der Waals surface area contributed by atoms with Crippen molar-refractivity contribution in [3.8, 4) is 5.75 Å². The van der Waals surface area contributed by atoms with Gasteiger partial charge in [-0.2, -0.15) is 0 Å². The molecule has 2 N–H and O–H groups in total. The Morgan fingerprint density at radius 2 is 2.10 bits per heavy atom. The Kier molecular flexibility index (Phi) is 3.31. The van der Waals surface area contributed by atoms with Gasteiger partial charge < -0.3 is 19.9 Å². The number of para-hydroxylation sites is 1. The highest BCUT2D eigenvalue weighted by atomic mass is 16.5. The largest absolute Gasteiger partial charge is 0.480 e. The second kappa shape index (κ2) is 5.13. The summed E-state index contributed by atoms with van der Waals surface area (Å²) in [6.45, 7) is 0.341. The van der Waals surface area contributed by atoms with E-state index in [0.29, 0.717) is 25.2 Å². The minimum absolute atomic E-state index is 0.289. The lowest BCUT2D eigenvalue weighted by molar-refractivity contribution is -0.148. The van der Waals surface area contributed by atoms with E-state index >= 15 is 0 Å². The summed E-state index contributed by atoms with van der Waals surface area (Å²) in [5, 5.41) is 11.7. The number of ether oxygens (including phenoxy) is 2. The molecule has 1 unspecified atom stereocenters. The summed E-state index contributed by atoms with van der Waals surface area (Å²) < 4.78 is 10.7. The molecule has 1 aromatic rings. The van der Waals surface area contributed by atoms with E-state index in [1.807, 2.05) is 24.3 Å². The summed E-state index contributed by atoms with van der Waals surface area (Å²) in [5.41, 5.74) is 0.991. The van der Waals surface area contributed by atoms with E-state index in [0.717, 1.165) is 5.56 Å². The average molecular weight is 277 g/mol. The van der Waals surface area contributed by atoms with Crippen LogP contribution in [0.5, 0.6) is 5.75 Å². The van der Waals surface area contributed by atoms with Crippen molar-refractivity contribution >= 4 is 11.9 Å². The minimum atomic E-state index is -1.05. The third-order valence-corrected chi connectivity index (χ3v) is 3.60. The fraction of sp³-hybridized carbons (Fsp3) is 0.429. The van der Waals surface area contributed by atoms with Crippen LogP contribution in [-0.4, -0.2) is 41.8 Å². The molecular weight excluding hydrogens is 262 g/mol. The molecule has 2 aliphatic rings. The first kappa shape index (κ1) is 12.9. The predicted octanol–water partition coefficient (Wildman–Crippen LogP) is 0.348. The number of carbonyl (C=O) groups is 2. The first-order chi connectivity index (χ1) is 9.65. The van der Waals surface area contributed by atoms with Crippen molar-refractivity contribution in [2.24, 2.45) is 0 Å². The number of hydrogen-bond acceptors (Lipinski definition) is 4. The van der Waals surface area contributed by atoms with Gasteiger partial charge in [-0.15, -0.1) is 0 Å². The minimum Gasteiger partial charge on any atom is -0.480 e. The summed E-state index contributed by atoms with van der Waals surface area (Å²) in [6, 6.07) is 6.99. The van der Waals surface area contributed by atoms with Crippen LogP contribution in [0.25, 0.3) is 0 Å². The molecule has 0 saturated carbocycles. The van der Waals surface area contributed by atoms with Crippen LogP contribution in [0.15, 0.2) is 24.3 Å². The van der Waals surface area contributed by atoms with Crippen molar-refractivity contribution in [3.63, 3.8) is 0 Å². The number of carboxylic acids is 1. The van der Waals surface area contributed by atoms with Crippen molar-refractivity contribution in [3.05, 3.63) is 29.8 Å². The maximum absolute atomic E-state index is 12.2. The highest BCUT2D eigenvalue weighted by Gasteiger charge is 2.38. The Morgan fingerprint density at radius 1 is 1.30 bits per heavy atom. The maximum Gasteiger partial charge on any atom is 0.334 e. The number of carbonyl (C=O) groups excluding carboxylic acids is 1. The number of hydrogen-bond donors (Lipinski definition) is 2. The lowest BCUT2D eigenvalue weighted by Crippen LogP contribution is -2.48. The lowest BCUT2D eigenvalue weighted by Gasteiger charge is -2.18. The summed E-state index contributed by atoms with van der Waals surface area (Å²) >= 11 is 0. The van der Waals surface area contributed by atoms with E-state index in [9.17, 15) is 9.59 Å². The van der Waals surface area contributed by atoms with Gasteiger partial charge in [-0.05, 0) is 18.1 Å². The standard InChI is InChI=1S/C14H15NO5/c16-13(15-9-5-6-19-12(9)14(17)18)11-7-8-3-1-2-4-10(8)20-11/h1-4,9,11-12H,5-7H2,(H,15,16)(H,17,18)/t9-,11?,12+/m0/s1. The summed E-state index contributed by atoms with van der Waals surface area (Å²) in [5.74, 6) is -0.628. The number of aliphatic carboxylic acids is 1. The molecule has 0 spiro atoms. The highest BCUT2D eigenvalue weighted by Crippen LogP contribution is 2.28. The molecule has 2 heterocycles. The van der Waals surface area contributed by atoms with Gasteiger partial charge in [0.1, 0.15) is 5.75 Å². The van der Waals surface area contributed by atoms with Crippen LogP contribution in [0.4, 0.5) is 0 Å². The van der Waals surface area contributed by atoms with E-state index in [4.69, 9.17) is 14.6 Å². The highest BCUT2D eigenvalue weighted by molar-refractivity contribution is 5.84. The van der Waals surface area contributed by atoms with Crippen LogP contribution in [0, 0.1) is 0 Å². The van der Waals surface area contributed by atoms with Gasteiger partial charge in [-0.1, -0.05) is 18.2 Å². The molecule has 3 rings (SSSR count). The number of amides is 1. The average Bonchev–Trinajstić information content (AvgIpc) is 3.03. The van der Waals surface area contributed by atoms with Gasteiger partial charge in [-0.3, -0.25) is 4.79 Å². The SMILES string of the molecule is O=C(N[C@H]1CCO[C@H]1C(=O)O)C1Cc2ccccc2O1. The lowest BCUT2D eigenvalue weighted by atomic mass is 10.1. The fourth-order valence-electron chi connectivity index (χ4n) is 2.58. The van der Waals surface area contributed by atoms with Crippen LogP contribution in [0.1, 0.15) is 12.0 Å². The zero-order valence-corrected chi connectivity index (χ0v) is 10.7. The molecule has 1 fully saturated rings. The number of benzene rings is 1. The topological polar surface area (TPSA) is 84.9 Å². The Balaban J connectivity index is 1.63. The van der Waals surface area contributed by atoms with Crippen LogP contribution in [0.2, 0.25) is 0 Å². The van der Waals surface area contributed by atoms with Gasteiger partial charge in [0.25, 0.3) is 5.91 Å². The van der Waals surface area contributed by atoms with Crippen LogP contribution < -0.4 is 10.1 Å². The van der Waals surface area contributed by atoms with Gasteiger partial charge in [0.15, 0.2) is 12.2 Å². The van der Waals surface area contributed by atoms with Crippen molar-refractivity contribution in [1.29, 1.82) is 0 Å². The molecule has 0 radical (unpaired) electrons. The van der Waals surface area contributed by atoms with Crippen LogP contribution in [-0.2, 0) is 20.7 Å². The molecule has 6 heteroatoms. The summed E-state index contributed by atoms with van der Waals surface area (Å²) in [4.78, 5) is 23.1. The molecule has 0 aliphatic carbocycles. The van der Waals surface area contributed by atoms with Crippen LogP contribution >= 0.6 is 0 Å². The molecule has 106 valence electrons. The van der Waals surface area contributed by atoms with E-state index in [1.54, 1.807) is 0 Å². The fourth-order valence-corrected chi connectivity index (χ4v) is 2.58. The van der Waals surface area contributed by atoms with E-state index in [2.05, 4.69) is 5.32 Å². The maximum atomic E-state index is 12.2. The van der Waals surface area contributed by atoms with Crippen molar-refractivity contribution in [1.82, 2.24) is 5.32 Å². The molecule has 2 aliphatic heterocycles. The smallest absolute Gasteiger partial charge is 0.334 e. The number of nitrogens with one attached hydrogen (secondary N) is 1. The molecule has 1 amide bonds. The predicted molar refractivity (Wildman–Crippen MR) is 68.5 cm³/mol. The van der Waals surface area contributed by atoms with Crippen molar-refractivity contribution in [2.75, 3.05) is 6.61 Å². The number of carboxylic acid groups (broad SMARTS) is 1. The van der Waals surface area contributed by atoms with E-state index < -0.39 is 24.2 Å². The van der Waals surface area contributed by atoms with Gasteiger partial charge >= 0.3 is 5.97 Å². The number of rotatable bonds is 3. The molecule has 3 atom stereocenters. The zero-order valence-electron chi connectivity index (χ0n) is 10.7. The normalized spacial score (nSPS) is 27.7. The first-order valence-corrected chi connectivity index (χ1v) is 6.54. The van der Waals surface area contributed by atoms with Gasteiger partial charge in [0, 0.05) is 13.0 Å². The molecular formula is C14H15NO5. The van der Waals surface area contributed by atoms with Crippen molar-refractivity contribution in [2.45, 2.75) is 31.1 Å².